The van der Waals surface area contributed by atoms with E-state index in [0.717, 1.165) is 35.1 Å². The van der Waals surface area contributed by atoms with Crippen molar-refractivity contribution in [1.29, 1.82) is 0 Å². The highest BCUT2D eigenvalue weighted by atomic mass is 32.2. The number of thioether (sulfide) groups is 1. The number of amides is 1. The molecule has 0 aliphatic heterocycles. The van der Waals surface area contributed by atoms with Gasteiger partial charge in [0.1, 0.15) is 5.75 Å². The zero-order valence-electron chi connectivity index (χ0n) is 17.7. The maximum Gasteiger partial charge on any atom is 0.230 e. The van der Waals surface area contributed by atoms with Crippen molar-refractivity contribution >= 4 is 17.7 Å². The monoisotopic (exact) mass is 416 g/mol. The second-order valence-corrected chi connectivity index (χ2v) is 8.84. The molecule has 1 aromatic carbocycles. The molecule has 7 heteroatoms. The van der Waals surface area contributed by atoms with Crippen LogP contribution in [0.15, 0.2) is 29.4 Å². The van der Waals surface area contributed by atoms with Gasteiger partial charge in [0.2, 0.25) is 5.91 Å². The van der Waals surface area contributed by atoms with Gasteiger partial charge in [0.05, 0.1) is 12.9 Å². The molecule has 0 bridgehead atoms. The molecular weight excluding hydrogens is 384 g/mol. The molecule has 2 aromatic rings. The van der Waals surface area contributed by atoms with E-state index in [4.69, 9.17) is 4.74 Å². The van der Waals surface area contributed by atoms with Crippen LogP contribution in [0.3, 0.4) is 0 Å². The highest BCUT2D eigenvalue weighted by Crippen LogP contribution is 2.28. The van der Waals surface area contributed by atoms with Crippen LogP contribution in [-0.4, -0.2) is 39.6 Å². The van der Waals surface area contributed by atoms with Gasteiger partial charge in [0.25, 0.3) is 0 Å². The second-order valence-electron chi connectivity index (χ2n) is 7.90. The number of hydrogen-bond acceptors (Lipinski definition) is 5. The minimum Gasteiger partial charge on any atom is -0.497 e. The van der Waals surface area contributed by atoms with Crippen LogP contribution in [0.4, 0.5) is 0 Å². The molecule has 1 heterocycles. The van der Waals surface area contributed by atoms with Gasteiger partial charge in [-0.1, -0.05) is 43.9 Å². The molecule has 1 aliphatic rings. The van der Waals surface area contributed by atoms with Gasteiger partial charge >= 0.3 is 0 Å². The fourth-order valence-electron chi connectivity index (χ4n) is 3.78. The minimum atomic E-state index is 0.0878. The number of hydrogen-bond donors (Lipinski definition) is 1. The van der Waals surface area contributed by atoms with E-state index in [-0.39, 0.29) is 11.9 Å². The Hall–Kier alpha value is -2.02. The average molecular weight is 417 g/mol. The summed E-state index contributed by atoms with van der Waals surface area (Å²) in [4.78, 5) is 12.5. The first-order valence-corrected chi connectivity index (χ1v) is 11.6. The lowest BCUT2D eigenvalue weighted by molar-refractivity contribution is -0.119. The molecule has 0 atom stereocenters. The van der Waals surface area contributed by atoms with Gasteiger partial charge in [-0.05, 0) is 51.0 Å². The molecule has 1 amide bonds. The van der Waals surface area contributed by atoms with Gasteiger partial charge in [0.15, 0.2) is 11.0 Å². The van der Waals surface area contributed by atoms with E-state index in [1.807, 2.05) is 24.3 Å². The molecule has 158 valence electrons. The van der Waals surface area contributed by atoms with E-state index in [2.05, 4.69) is 33.9 Å². The minimum absolute atomic E-state index is 0.0878. The second kappa shape index (κ2) is 10.7. The molecule has 3 rings (SSSR count). The SMILES string of the molecule is COc1ccc(-c2nnc(SCC(=O)NC3CCCCCCC3)n2C(C)C)cc1. The third-order valence-corrected chi connectivity index (χ3v) is 6.27. The average Bonchev–Trinajstić information content (AvgIpc) is 3.13. The first kappa shape index (κ1) is 21.7. The Bertz CT molecular complexity index is 781. The Balaban J connectivity index is 1.64. The van der Waals surface area contributed by atoms with Crippen LogP contribution in [0.5, 0.6) is 5.75 Å². The predicted molar refractivity (Wildman–Crippen MR) is 117 cm³/mol. The molecule has 0 saturated heterocycles. The van der Waals surface area contributed by atoms with Crippen molar-refractivity contribution in [3.05, 3.63) is 24.3 Å². The van der Waals surface area contributed by atoms with Gasteiger partial charge in [-0.3, -0.25) is 9.36 Å². The fraction of sp³-hybridized carbons (Fsp3) is 0.591. The number of carbonyl (C=O) groups excluding carboxylic acids is 1. The molecule has 1 saturated carbocycles. The third-order valence-electron chi connectivity index (χ3n) is 5.33. The maximum absolute atomic E-state index is 12.5. The number of benzene rings is 1. The van der Waals surface area contributed by atoms with Crippen molar-refractivity contribution in [3.8, 4) is 17.1 Å². The van der Waals surface area contributed by atoms with E-state index in [1.165, 1.54) is 43.9 Å². The Morgan fingerprint density at radius 1 is 1.14 bits per heavy atom. The summed E-state index contributed by atoms with van der Waals surface area (Å²) in [5.41, 5.74) is 0.984. The largest absolute Gasteiger partial charge is 0.497 e. The van der Waals surface area contributed by atoms with E-state index < -0.39 is 0 Å². The van der Waals surface area contributed by atoms with Crippen molar-refractivity contribution < 1.29 is 9.53 Å². The number of nitrogens with one attached hydrogen (secondary N) is 1. The van der Waals surface area contributed by atoms with Crippen molar-refractivity contribution in [1.82, 2.24) is 20.1 Å². The Kier molecular flexibility index (Phi) is 7.98. The summed E-state index contributed by atoms with van der Waals surface area (Å²) in [7, 11) is 1.65. The lowest BCUT2D eigenvalue weighted by atomic mass is 9.97. The lowest BCUT2D eigenvalue weighted by Crippen LogP contribution is -2.36. The van der Waals surface area contributed by atoms with Crippen LogP contribution in [0.1, 0.15) is 64.8 Å². The smallest absolute Gasteiger partial charge is 0.230 e. The summed E-state index contributed by atoms with van der Waals surface area (Å²) in [5, 5.41) is 12.8. The summed E-state index contributed by atoms with van der Waals surface area (Å²) in [6.07, 6.45) is 8.52. The molecular formula is C22H32N4O2S. The normalized spacial score (nSPS) is 15.7. The summed E-state index contributed by atoms with van der Waals surface area (Å²) in [6.45, 7) is 4.21. The molecule has 29 heavy (non-hydrogen) atoms. The van der Waals surface area contributed by atoms with Gasteiger partial charge in [0, 0.05) is 17.6 Å². The number of ether oxygens (including phenoxy) is 1. The van der Waals surface area contributed by atoms with Crippen molar-refractivity contribution in [3.63, 3.8) is 0 Å². The van der Waals surface area contributed by atoms with Crippen LogP contribution in [0.25, 0.3) is 11.4 Å². The first-order valence-electron chi connectivity index (χ1n) is 10.6. The van der Waals surface area contributed by atoms with Gasteiger partial charge in [-0.2, -0.15) is 0 Å². The van der Waals surface area contributed by atoms with Crippen molar-refractivity contribution in [2.24, 2.45) is 0 Å². The molecule has 1 fully saturated rings. The van der Waals surface area contributed by atoms with Crippen molar-refractivity contribution in [2.75, 3.05) is 12.9 Å². The quantitative estimate of drug-likeness (QED) is 0.653. The molecule has 1 aliphatic carbocycles. The van der Waals surface area contributed by atoms with Gasteiger partial charge < -0.3 is 10.1 Å². The summed E-state index contributed by atoms with van der Waals surface area (Å²) >= 11 is 1.46. The molecule has 1 aromatic heterocycles. The van der Waals surface area contributed by atoms with Crippen LogP contribution in [-0.2, 0) is 4.79 Å². The third kappa shape index (κ3) is 5.98. The number of methoxy groups -OCH3 is 1. The number of rotatable bonds is 7. The van der Waals surface area contributed by atoms with Gasteiger partial charge in [-0.15, -0.1) is 10.2 Å². The Morgan fingerprint density at radius 2 is 1.79 bits per heavy atom. The number of aromatic nitrogens is 3. The molecule has 1 N–H and O–H groups in total. The molecule has 0 unspecified atom stereocenters. The lowest BCUT2D eigenvalue weighted by Gasteiger charge is -2.21. The topological polar surface area (TPSA) is 69.0 Å². The maximum atomic E-state index is 12.5. The highest BCUT2D eigenvalue weighted by molar-refractivity contribution is 7.99. The van der Waals surface area contributed by atoms with Crippen LogP contribution < -0.4 is 10.1 Å². The van der Waals surface area contributed by atoms with Crippen LogP contribution >= 0.6 is 11.8 Å². The standard InChI is InChI=1S/C22H32N4O2S/c1-16(2)26-21(17-11-13-19(28-3)14-12-17)24-25-22(26)29-15-20(27)23-18-9-7-5-4-6-8-10-18/h11-14,16,18H,4-10,15H2,1-3H3,(H,23,27). The zero-order chi connectivity index (χ0) is 20.6. The zero-order valence-corrected chi connectivity index (χ0v) is 18.5. The van der Waals surface area contributed by atoms with E-state index in [9.17, 15) is 4.79 Å². The van der Waals surface area contributed by atoms with Crippen molar-refractivity contribution in [2.45, 2.75) is 76.0 Å². The fourth-order valence-corrected chi connectivity index (χ4v) is 4.66. The van der Waals surface area contributed by atoms with E-state index in [1.54, 1.807) is 7.11 Å². The van der Waals surface area contributed by atoms with Crippen LogP contribution in [0.2, 0.25) is 0 Å². The number of nitrogens with zero attached hydrogens (tertiary/aromatic N) is 3. The highest BCUT2D eigenvalue weighted by Gasteiger charge is 2.19. The number of carbonyl (C=O) groups is 1. The van der Waals surface area contributed by atoms with E-state index in [0.29, 0.717) is 11.8 Å². The summed E-state index contributed by atoms with van der Waals surface area (Å²) < 4.78 is 7.33. The molecule has 6 nitrogen and oxygen atoms in total. The first-order chi connectivity index (χ1) is 14.1. The summed E-state index contributed by atoms with van der Waals surface area (Å²) in [5.74, 6) is 2.07. The predicted octanol–water partition coefficient (Wildman–Crippen LogP) is 4.86. The molecule has 0 radical (unpaired) electrons. The summed E-state index contributed by atoms with van der Waals surface area (Å²) in [6, 6.07) is 8.32. The van der Waals surface area contributed by atoms with Crippen LogP contribution in [0, 0.1) is 0 Å². The van der Waals surface area contributed by atoms with Gasteiger partial charge in [-0.25, -0.2) is 0 Å². The van der Waals surface area contributed by atoms with E-state index >= 15 is 0 Å². The molecule has 0 spiro atoms. The Morgan fingerprint density at radius 3 is 2.41 bits per heavy atom. The Labute approximate surface area is 177 Å².